The van der Waals surface area contributed by atoms with Crippen LogP contribution in [0.15, 0.2) is 59.8 Å². The number of oxime groups is 1. The number of aliphatic carboxylic acids is 1. The molecule has 0 spiro atoms. The molecule has 0 radical (unpaired) electrons. The van der Waals surface area contributed by atoms with Gasteiger partial charge in [-0.3, -0.25) is 0 Å². The zero-order chi connectivity index (χ0) is 19.1. The maximum atomic E-state index is 11.3. The quantitative estimate of drug-likeness (QED) is 0.731. The minimum Gasteiger partial charge on any atom is -0.479 e. The first-order chi connectivity index (χ1) is 13.2. The van der Waals surface area contributed by atoms with E-state index in [0.717, 1.165) is 36.1 Å². The number of carboxylic acid groups (broad SMARTS) is 1. The van der Waals surface area contributed by atoms with Crippen molar-refractivity contribution in [1.82, 2.24) is 0 Å². The van der Waals surface area contributed by atoms with Crippen LogP contribution in [0, 0.1) is 0 Å². The molecule has 142 valence electrons. The average molecular weight is 367 g/mol. The summed E-state index contributed by atoms with van der Waals surface area (Å²) in [5, 5.41) is 13.5. The van der Waals surface area contributed by atoms with Crippen LogP contribution < -0.4 is 0 Å². The fourth-order valence-corrected chi connectivity index (χ4v) is 3.24. The van der Waals surface area contributed by atoms with Crippen molar-refractivity contribution in [2.75, 3.05) is 6.61 Å². The van der Waals surface area contributed by atoms with Gasteiger partial charge in [0.1, 0.15) is 6.10 Å². The van der Waals surface area contributed by atoms with Crippen LogP contribution in [0.25, 0.3) is 0 Å². The third-order valence-electron chi connectivity index (χ3n) is 4.66. The van der Waals surface area contributed by atoms with Crippen molar-refractivity contribution in [3.63, 3.8) is 0 Å². The van der Waals surface area contributed by atoms with Crippen molar-refractivity contribution in [2.24, 2.45) is 5.16 Å². The highest BCUT2D eigenvalue weighted by Crippen LogP contribution is 2.22. The van der Waals surface area contributed by atoms with Crippen molar-refractivity contribution in [1.29, 1.82) is 0 Å². The van der Waals surface area contributed by atoms with Gasteiger partial charge in [0.15, 0.2) is 6.10 Å². The molecule has 0 saturated heterocycles. The molecule has 0 amide bonds. The molecule has 0 aliphatic carbocycles. The van der Waals surface area contributed by atoms with Crippen LogP contribution in [0.4, 0.5) is 0 Å². The maximum Gasteiger partial charge on any atom is 0.333 e. The maximum absolute atomic E-state index is 11.3. The summed E-state index contributed by atoms with van der Waals surface area (Å²) < 4.78 is 5.31. The number of rotatable bonds is 9. The van der Waals surface area contributed by atoms with Gasteiger partial charge in [-0.15, -0.1) is 0 Å². The Hall–Kier alpha value is -2.66. The Morgan fingerprint density at radius 1 is 1.22 bits per heavy atom. The van der Waals surface area contributed by atoms with E-state index in [-0.39, 0.29) is 6.10 Å². The normalized spacial score (nSPS) is 17.2. The molecule has 2 unspecified atom stereocenters. The Balaban J connectivity index is 1.58. The molecule has 5 nitrogen and oxygen atoms in total. The smallest absolute Gasteiger partial charge is 0.333 e. The molecule has 2 aromatic carbocycles. The number of carbonyl (C=O) groups is 1. The summed E-state index contributed by atoms with van der Waals surface area (Å²) >= 11 is 0. The first-order valence-electron chi connectivity index (χ1n) is 9.36. The van der Waals surface area contributed by atoms with E-state index < -0.39 is 12.1 Å². The van der Waals surface area contributed by atoms with Gasteiger partial charge in [0.25, 0.3) is 0 Å². The second kappa shape index (κ2) is 9.33. The van der Waals surface area contributed by atoms with E-state index in [0.29, 0.717) is 13.0 Å². The minimum absolute atomic E-state index is 0.0825. The molecule has 1 heterocycles. The molecule has 27 heavy (non-hydrogen) atoms. The number of nitrogens with zero attached hydrogens (tertiary/aromatic N) is 1. The zero-order valence-corrected chi connectivity index (χ0v) is 15.5. The van der Waals surface area contributed by atoms with Crippen molar-refractivity contribution in [3.8, 4) is 0 Å². The number of aryl methyl sites for hydroxylation is 1. The van der Waals surface area contributed by atoms with Gasteiger partial charge in [0, 0.05) is 19.4 Å². The first-order valence-corrected chi connectivity index (χ1v) is 9.36. The fraction of sp³-hybridized carbons (Fsp3) is 0.364. The second-order valence-corrected chi connectivity index (χ2v) is 6.68. The number of benzene rings is 2. The van der Waals surface area contributed by atoms with Crippen molar-refractivity contribution < 1.29 is 19.5 Å². The molecule has 1 N–H and O–H groups in total. The molecular weight excluding hydrogens is 342 g/mol. The van der Waals surface area contributed by atoms with Crippen molar-refractivity contribution in [3.05, 3.63) is 71.3 Å². The number of carboxylic acids is 1. The van der Waals surface area contributed by atoms with Crippen LogP contribution in [0.5, 0.6) is 0 Å². The minimum atomic E-state index is -0.940. The van der Waals surface area contributed by atoms with Crippen LogP contribution >= 0.6 is 0 Å². The van der Waals surface area contributed by atoms with E-state index in [1.807, 2.05) is 42.5 Å². The summed E-state index contributed by atoms with van der Waals surface area (Å²) in [4.78, 5) is 16.9. The topological polar surface area (TPSA) is 68.1 Å². The van der Waals surface area contributed by atoms with Gasteiger partial charge in [-0.2, -0.15) is 0 Å². The summed E-state index contributed by atoms with van der Waals surface area (Å²) in [7, 11) is 0. The molecule has 5 heteroatoms. The summed E-state index contributed by atoms with van der Waals surface area (Å²) in [5.74, 6) is -0.940. The number of hydrogen-bond acceptors (Lipinski definition) is 4. The lowest BCUT2D eigenvalue weighted by Gasteiger charge is -2.13. The third kappa shape index (κ3) is 5.41. The van der Waals surface area contributed by atoms with E-state index in [1.54, 1.807) is 6.92 Å². The van der Waals surface area contributed by atoms with Crippen LogP contribution in [0.3, 0.4) is 0 Å². The average Bonchev–Trinajstić information content (AvgIpc) is 3.16. The van der Waals surface area contributed by atoms with Gasteiger partial charge in [0.05, 0.1) is 5.71 Å². The molecule has 0 fully saturated rings. The number of ether oxygens (including phenoxy) is 1. The Morgan fingerprint density at radius 3 is 2.74 bits per heavy atom. The largest absolute Gasteiger partial charge is 0.479 e. The number of hydrogen-bond donors (Lipinski definition) is 1. The van der Waals surface area contributed by atoms with E-state index in [2.05, 4.69) is 17.3 Å². The zero-order valence-electron chi connectivity index (χ0n) is 15.5. The monoisotopic (exact) mass is 367 g/mol. The Kier molecular flexibility index (Phi) is 6.60. The molecule has 2 atom stereocenters. The van der Waals surface area contributed by atoms with Crippen molar-refractivity contribution >= 4 is 11.7 Å². The van der Waals surface area contributed by atoms with Crippen LogP contribution in [0.1, 0.15) is 36.5 Å². The van der Waals surface area contributed by atoms with E-state index >= 15 is 0 Å². The lowest BCUT2D eigenvalue weighted by molar-refractivity contribution is -0.149. The SMILES string of the molecule is CCOC(Cc1cccc(C2=NOC(CCc3ccccc3)C2)c1)C(=O)O. The fourth-order valence-electron chi connectivity index (χ4n) is 3.24. The molecule has 1 aliphatic heterocycles. The van der Waals surface area contributed by atoms with Gasteiger partial charge in [-0.25, -0.2) is 4.79 Å². The van der Waals surface area contributed by atoms with Crippen molar-refractivity contribution in [2.45, 2.75) is 44.8 Å². The van der Waals surface area contributed by atoms with Gasteiger partial charge in [-0.1, -0.05) is 53.7 Å². The molecule has 0 aromatic heterocycles. The van der Waals surface area contributed by atoms with Gasteiger partial charge in [0.2, 0.25) is 0 Å². The van der Waals surface area contributed by atoms with Gasteiger partial charge in [-0.05, 0) is 42.5 Å². The molecule has 0 saturated carbocycles. The van der Waals surface area contributed by atoms with Gasteiger partial charge < -0.3 is 14.7 Å². The highest BCUT2D eigenvalue weighted by Gasteiger charge is 2.23. The predicted molar refractivity (Wildman–Crippen MR) is 104 cm³/mol. The Morgan fingerprint density at radius 2 is 2.00 bits per heavy atom. The molecule has 2 aromatic rings. The Labute approximate surface area is 159 Å². The van der Waals surface area contributed by atoms with E-state index in [9.17, 15) is 9.90 Å². The van der Waals surface area contributed by atoms with E-state index in [1.165, 1.54) is 5.56 Å². The highest BCUT2D eigenvalue weighted by atomic mass is 16.6. The molecule has 1 aliphatic rings. The lowest BCUT2D eigenvalue weighted by atomic mass is 9.98. The summed E-state index contributed by atoms with van der Waals surface area (Å²) in [6.07, 6.45) is 2.24. The van der Waals surface area contributed by atoms with Crippen LogP contribution in [-0.2, 0) is 27.2 Å². The Bertz CT molecular complexity index is 788. The lowest BCUT2D eigenvalue weighted by Crippen LogP contribution is -2.26. The first kappa shape index (κ1) is 19.1. The molecule has 3 rings (SSSR count). The van der Waals surface area contributed by atoms with Crippen LogP contribution in [0.2, 0.25) is 0 Å². The van der Waals surface area contributed by atoms with E-state index in [4.69, 9.17) is 9.57 Å². The van der Waals surface area contributed by atoms with Gasteiger partial charge >= 0.3 is 5.97 Å². The highest BCUT2D eigenvalue weighted by molar-refractivity contribution is 6.01. The summed E-state index contributed by atoms with van der Waals surface area (Å²) in [6, 6.07) is 18.2. The second-order valence-electron chi connectivity index (χ2n) is 6.68. The summed E-state index contributed by atoms with van der Waals surface area (Å²) in [5.41, 5.74) is 4.12. The third-order valence-corrected chi connectivity index (χ3v) is 4.66. The van der Waals surface area contributed by atoms with Crippen LogP contribution in [-0.4, -0.2) is 35.6 Å². The summed E-state index contributed by atoms with van der Waals surface area (Å²) in [6.45, 7) is 2.17. The standard InChI is InChI=1S/C22H25NO4/c1-2-26-21(22(24)25)14-17-9-6-10-18(13-17)20-15-19(27-23-20)12-11-16-7-4-3-5-8-16/h3-10,13,19,21H,2,11-12,14-15H2,1H3,(H,24,25). The predicted octanol–water partition coefficient (Wildman–Crippen LogP) is 3.84. The molecule has 0 bridgehead atoms. The molecular formula is C22H25NO4.